The maximum atomic E-state index is 11.9. The number of carboxylic acid groups (broad SMARTS) is 1. The van der Waals surface area contributed by atoms with Gasteiger partial charge in [-0.25, -0.2) is 4.68 Å². The zero-order valence-electron chi connectivity index (χ0n) is 11.8. The van der Waals surface area contributed by atoms with Crippen LogP contribution in [0.3, 0.4) is 0 Å². The van der Waals surface area contributed by atoms with E-state index in [2.05, 4.69) is 16.9 Å². The van der Waals surface area contributed by atoms with Crippen LogP contribution >= 0.6 is 0 Å². The van der Waals surface area contributed by atoms with Crippen LogP contribution in [0.4, 0.5) is 5.69 Å². The summed E-state index contributed by atoms with van der Waals surface area (Å²) in [5.41, 5.74) is 0.711. The Morgan fingerprint density at radius 1 is 1.45 bits per heavy atom. The summed E-state index contributed by atoms with van der Waals surface area (Å²) in [7, 11) is 0. The van der Waals surface area contributed by atoms with E-state index in [1.54, 1.807) is 12.3 Å². The summed E-state index contributed by atoms with van der Waals surface area (Å²) in [6.07, 6.45) is 4.46. The Balaban J connectivity index is 1.98. The van der Waals surface area contributed by atoms with Crippen LogP contribution in [0, 0.1) is 5.92 Å². The zero-order valence-corrected chi connectivity index (χ0v) is 11.8. The van der Waals surface area contributed by atoms with Crippen LogP contribution in [0.5, 0.6) is 0 Å². The molecule has 0 saturated carbocycles. The van der Waals surface area contributed by atoms with E-state index in [0.29, 0.717) is 13.0 Å². The number of aromatic nitrogens is 2. The molecule has 20 heavy (non-hydrogen) atoms. The molecule has 1 N–H and O–H groups in total. The number of hydrogen-bond donors (Lipinski definition) is 1. The minimum atomic E-state index is -0.850. The van der Waals surface area contributed by atoms with Gasteiger partial charge in [0, 0.05) is 32.1 Å². The lowest BCUT2D eigenvalue weighted by Gasteiger charge is -2.31. The summed E-state index contributed by atoms with van der Waals surface area (Å²) in [4.78, 5) is 24.6. The summed E-state index contributed by atoms with van der Waals surface area (Å²) in [5.74, 6) is -0.104. The molecule has 0 bridgehead atoms. The molecule has 6 heteroatoms. The molecule has 110 valence electrons. The highest BCUT2D eigenvalue weighted by molar-refractivity contribution is 5.66. The molecule has 0 spiro atoms. The van der Waals surface area contributed by atoms with E-state index in [-0.39, 0.29) is 12.0 Å². The Hall–Kier alpha value is -1.85. The third-order valence-electron chi connectivity index (χ3n) is 3.76. The second kappa shape index (κ2) is 6.54. The van der Waals surface area contributed by atoms with Gasteiger partial charge in [0.05, 0.1) is 11.9 Å². The lowest BCUT2D eigenvalue weighted by Crippen LogP contribution is -2.34. The fourth-order valence-electron chi connectivity index (χ4n) is 2.41. The SMILES string of the molecule is CC1CCN(c2cnn(CCCC(=O)O)c(=O)c2)CC1. The molecule has 0 unspecified atom stereocenters. The molecule has 0 aliphatic carbocycles. The van der Waals surface area contributed by atoms with Crippen molar-refractivity contribution in [2.75, 3.05) is 18.0 Å². The first-order chi connectivity index (χ1) is 9.56. The van der Waals surface area contributed by atoms with Crippen molar-refractivity contribution < 1.29 is 9.90 Å². The number of rotatable bonds is 5. The van der Waals surface area contributed by atoms with Crippen molar-refractivity contribution in [1.82, 2.24) is 9.78 Å². The molecule has 1 fully saturated rings. The maximum Gasteiger partial charge on any atom is 0.303 e. The molecule has 0 radical (unpaired) electrons. The average molecular weight is 279 g/mol. The normalized spacial score (nSPS) is 16.4. The van der Waals surface area contributed by atoms with E-state index >= 15 is 0 Å². The van der Waals surface area contributed by atoms with Crippen LogP contribution in [-0.4, -0.2) is 33.9 Å². The number of hydrogen-bond acceptors (Lipinski definition) is 4. The van der Waals surface area contributed by atoms with Crippen LogP contribution in [0.15, 0.2) is 17.1 Å². The van der Waals surface area contributed by atoms with Crippen LogP contribution < -0.4 is 10.5 Å². The maximum absolute atomic E-state index is 11.9. The van der Waals surface area contributed by atoms with Gasteiger partial charge in [-0.2, -0.15) is 5.10 Å². The molecule has 6 nitrogen and oxygen atoms in total. The predicted molar refractivity (Wildman–Crippen MR) is 76.0 cm³/mol. The topological polar surface area (TPSA) is 75.4 Å². The Kier molecular flexibility index (Phi) is 4.76. The molecule has 1 aromatic rings. The van der Waals surface area contributed by atoms with Gasteiger partial charge in [0.25, 0.3) is 5.56 Å². The van der Waals surface area contributed by atoms with E-state index in [0.717, 1.165) is 37.5 Å². The summed E-state index contributed by atoms with van der Waals surface area (Å²) in [6, 6.07) is 1.60. The molecule has 0 amide bonds. The Morgan fingerprint density at radius 2 is 2.15 bits per heavy atom. The van der Waals surface area contributed by atoms with E-state index in [9.17, 15) is 9.59 Å². The molecule has 0 aromatic carbocycles. The molecule has 1 saturated heterocycles. The third-order valence-corrected chi connectivity index (χ3v) is 3.76. The number of anilines is 1. The van der Waals surface area contributed by atoms with Gasteiger partial charge in [-0.1, -0.05) is 6.92 Å². The number of aliphatic carboxylic acids is 1. The highest BCUT2D eigenvalue weighted by Gasteiger charge is 2.16. The molecule has 2 heterocycles. The van der Waals surface area contributed by atoms with Crippen molar-refractivity contribution in [3.63, 3.8) is 0 Å². The monoisotopic (exact) mass is 279 g/mol. The number of piperidine rings is 1. The minimum Gasteiger partial charge on any atom is -0.481 e. The van der Waals surface area contributed by atoms with Crippen molar-refractivity contribution in [3.8, 4) is 0 Å². The number of nitrogens with zero attached hydrogens (tertiary/aromatic N) is 3. The molecular weight excluding hydrogens is 258 g/mol. The summed E-state index contributed by atoms with van der Waals surface area (Å²) >= 11 is 0. The first-order valence-corrected chi connectivity index (χ1v) is 7.10. The highest BCUT2D eigenvalue weighted by Crippen LogP contribution is 2.20. The zero-order chi connectivity index (χ0) is 14.5. The fraction of sp³-hybridized carbons (Fsp3) is 0.643. The number of aryl methyl sites for hydroxylation is 1. The van der Waals surface area contributed by atoms with Crippen LogP contribution in [0.25, 0.3) is 0 Å². The minimum absolute atomic E-state index is 0.0554. The van der Waals surface area contributed by atoms with Gasteiger partial charge in [-0.3, -0.25) is 9.59 Å². The number of carboxylic acids is 1. The van der Waals surface area contributed by atoms with E-state index in [1.165, 1.54) is 4.68 Å². The second-order valence-corrected chi connectivity index (χ2v) is 5.44. The second-order valence-electron chi connectivity index (χ2n) is 5.44. The Labute approximate surface area is 118 Å². The number of carbonyl (C=O) groups is 1. The molecule has 1 aliphatic rings. The van der Waals surface area contributed by atoms with E-state index in [4.69, 9.17) is 5.11 Å². The summed E-state index contributed by atoms with van der Waals surface area (Å²) in [5, 5.41) is 12.7. The van der Waals surface area contributed by atoms with Crippen molar-refractivity contribution in [2.24, 2.45) is 5.92 Å². The lowest BCUT2D eigenvalue weighted by atomic mass is 9.99. The first-order valence-electron chi connectivity index (χ1n) is 7.10. The van der Waals surface area contributed by atoms with E-state index < -0.39 is 5.97 Å². The quantitative estimate of drug-likeness (QED) is 0.880. The lowest BCUT2D eigenvalue weighted by molar-refractivity contribution is -0.137. The van der Waals surface area contributed by atoms with Crippen molar-refractivity contribution in [1.29, 1.82) is 0 Å². The first kappa shape index (κ1) is 14.6. The standard InChI is InChI=1S/C14H21N3O3/c1-11-4-7-16(8-5-11)12-9-13(18)17(15-10-12)6-2-3-14(19)20/h9-11H,2-8H2,1H3,(H,19,20). The Bertz CT molecular complexity index is 519. The molecular formula is C14H21N3O3. The summed E-state index contributed by atoms with van der Waals surface area (Å²) in [6.45, 7) is 4.52. The summed E-state index contributed by atoms with van der Waals surface area (Å²) < 4.78 is 1.33. The Morgan fingerprint density at radius 3 is 2.75 bits per heavy atom. The molecule has 0 atom stereocenters. The van der Waals surface area contributed by atoms with Gasteiger partial charge in [0.15, 0.2) is 0 Å². The van der Waals surface area contributed by atoms with Crippen molar-refractivity contribution in [2.45, 2.75) is 39.2 Å². The van der Waals surface area contributed by atoms with Gasteiger partial charge in [0.2, 0.25) is 0 Å². The molecule has 2 rings (SSSR count). The van der Waals surface area contributed by atoms with Crippen LogP contribution in [-0.2, 0) is 11.3 Å². The van der Waals surface area contributed by atoms with Crippen LogP contribution in [0.2, 0.25) is 0 Å². The smallest absolute Gasteiger partial charge is 0.303 e. The largest absolute Gasteiger partial charge is 0.481 e. The van der Waals surface area contributed by atoms with Gasteiger partial charge >= 0.3 is 5.97 Å². The average Bonchev–Trinajstić information content (AvgIpc) is 2.41. The van der Waals surface area contributed by atoms with Gasteiger partial charge in [-0.05, 0) is 25.2 Å². The van der Waals surface area contributed by atoms with Gasteiger partial charge in [0.1, 0.15) is 0 Å². The third kappa shape index (κ3) is 3.82. The van der Waals surface area contributed by atoms with Crippen LogP contribution in [0.1, 0.15) is 32.6 Å². The fourth-order valence-corrected chi connectivity index (χ4v) is 2.41. The van der Waals surface area contributed by atoms with Crippen molar-refractivity contribution in [3.05, 3.63) is 22.6 Å². The predicted octanol–water partition coefficient (Wildman–Crippen LogP) is 1.34. The van der Waals surface area contributed by atoms with Gasteiger partial charge < -0.3 is 10.0 Å². The van der Waals surface area contributed by atoms with Gasteiger partial charge in [-0.15, -0.1) is 0 Å². The van der Waals surface area contributed by atoms with E-state index in [1.807, 2.05) is 0 Å². The molecule has 1 aliphatic heterocycles. The van der Waals surface area contributed by atoms with Crippen molar-refractivity contribution >= 4 is 11.7 Å². The highest BCUT2D eigenvalue weighted by atomic mass is 16.4. The molecule has 1 aromatic heterocycles.